The molecule has 1 aromatic heterocycles. The van der Waals surface area contributed by atoms with Crippen molar-refractivity contribution in [3.05, 3.63) is 22.4 Å². The van der Waals surface area contributed by atoms with E-state index in [1.54, 1.807) is 0 Å². The number of amides is 1. The summed E-state index contributed by atoms with van der Waals surface area (Å²) in [5, 5.41) is 1.98. The van der Waals surface area contributed by atoms with Gasteiger partial charge in [0.05, 0.1) is 0 Å². The van der Waals surface area contributed by atoms with Gasteiger partial charge in [-0.15, -0.1) is 0 Å². The average molecular weight is 301 g/mol. The molecule has 2 rings (SSSR count). The number of nitrogens with one attached hydrogen (secondary N) is 1. The third-order valence-corrected chi connectivity index (χ3v) is 3.40. The van der Waals surface area contributed by atoms with Crippen molar-refractivity contribution in [2.75, 3.05) is 33.2 Å². The Morgan fingerprint density at radius 3 is 2.47 bits per heavy atom. The number of piperazine rings is 1. The predicted molar refractivity (Wildman–Crippen MR) is 69.6 cm³/mol. The fraction of sp³-hybridized carbons (Fsp3) is 0.545. The zero-order chi connectivity index (χ0) is 12.4. The molecular weight excluding hydrogens is 284 g/mol. The number of aryl methyl sites for hydroxylation is 1. The molecule has 17 heavy (non-hydrogen) atoms. The fourth-order valence-corrected chi connectivity index (χ4v) is 2.39. The van der Waals surface area contributed by atoms with Crippen LogP contribution in [0.2, 0.25) is 0 Å². The van der Waals surface area contributed by atoms with E-state index in [1.165, 1.54) is 0 Å². The molecule has 0 atom stereocenters. The van der Waals surface area contributed by atoms with Gasteiger partial charge in [0.25, 0.3) is 5.91 Å². The van der Waals surface area contributed by atoms with Crippen molar-refractivity contribution in [3.8, 4) is 0 Å². The smallest absolute Gasteiger partial charge is 0.282 e. The molecule has 0 aromatic carbocycles. The van der Waals surface area contributed by atoms with E-state index >= 15 is 0 Å². The van der Waals surface area contributed by atoms with Crippen LogP contribution in [0.25, 0.3) is 0 Å². The van der Waals surface area contributed by atoms with E-state index in [-0.39, 0.29) is 5.91 Å². The number of halogens is 1. The number of rotatable bonds is 2. The Balaban J connectivity index is 1.95. The second-order valence-corrected chi connectivity index (χ2v) is 5.30. The van der Waals surface area contributed by atoms with E-state index in [1.807, 2.05) is 28.9 Å². The van der Waals surface area contributed by atoms with E-state index in [2.05, 4.69) is 33.3 Å². The van der Waals surface area contributed by atoms with Gasteiger partial charge in [0.1, 0.15) is 5.69 Å². The first-order chi connectivity index (χ1) is 8.06. The average Bonchev–Trinajstić information content (AvgIpc) is 2.61. The molecular formula is C11H17BrN4O. The van der Waals surface area contributed by atoms with Crippen molar-refractivity contribution in [3.63, 3.8) is 0 Å². The molecule has 2 heterocycles. The van der Waals surface area contributed by atoms with Crippen LogP contribution in [0.1, 0.15) is 10.5 Å². The summed E-state index contributed by atoms with van der Waals surface area (Å²) in [5.74, 6) is -0.0530. The number of hydrogen-bond acceptors (Lipinski definition) is 3. The van der Waals surface area contributed by atoms with E-state index in [9.17, 15) is 4.79 Å². The third kappa shape index (κ3) is 3.08. The summed E-state index contributed by atoms with van der Waals surface area (Å²) in [5.41, 5.74) is 3.60. The van der Waals surface area contributed by atoms with Gasteiger partial charge in [-0.05, 0) is 29.0 Å². The van der Waals surface area contributed by atoms with Gasteiger partial charge in [-0.3, -0.25) is 10.2 Å². The zero-order valence-electron chi connectivity index (χ0n) is 10.1. The maximum Gasteiger partial charge on any atom is 0.282 e. The highest BCUT2D eigenvalue weighted by Crippen LogP contribution is 2.13. The number of carbonyl (C=O) groups excluding carboxylic acids is 1. The molecule has 0 saturated carbocycles. The lowest BCUT2D eigenvalue weighted by Gasteiger charge is -2.32. The van der Waals surface area contributed by atoms with Crippen molar-refractivity contribution in [2.45, 2.75) is 0 Å². The van der Waals surface area contributed by atoms with E-state index in [4.69, 9.17) is 0 Å². The van der Waals surface area contributed by atoms with Crippen LogP contribution in [0.5, 0.6) is 0 Å². The van der Waals surface area contributed by atoms with Crippen molar-refractivity contribution < 1.29 is 4.79 Å². The largest absolute Gasteiger partial charge is 0.345 e. The van der Waals surface area contributed by atoms with E-state index in [0.717, 1.165) is 30.7 Å². The number of nitrogens with zero attached hydrogens (tertiary/aromatic N) is 3. The summed E-state index contributed by atoms with van der Waals surface area (Å²) < 4.78 is 2.73. The first-order valence-electron chi connectivity index (χ1n) is 5.62. The molecule has 1 saturated heterocycles. The lowest BCUT2D eigenvalue weighted by Crippen LogP contribution is -2.52. The summed E-state index contributed by atoms with van der Waals surface area (Å²) in [4.78, 5) is 14.3. The van der Waals surface area contributed by atoms with Gasteiger partial charge in [0.2, 0.25) is 0 Å². The Morgan fingerprint density at radius 1 is 1.29 bits per heavy atom. The molecule has 0 spiro atoms. The van der Waals surface area contributed by atoms with Gasteiger partial charge in [0, 0.05) is 43.9 Å². The quantitative estimate of drug-likeness (QED) is 0.873. The number of likely N-dealkylation sites (N-methyl/N-ethyl adjacent to an activating group) is 1. The molecule has 5 nitrogen and oxygen atoms in total. The van der Waals surface area contributed by atoms with Crippen molar-refractivity contribution in [1.82, 2.24) is 19.9 Å². The Bertz CT molecular complexity index is 410. The molecule has 1 aliphatic rings. The number of hydrogen-bond donors (Lipinski definition) is 1. The van der Waals surface area contributed by atoms with Crippen LogP contribution in [-0.2, 0) is 7.05 Å². The normalized spacial score (nSPS) is 18.3. The summed E-state index contributed by atoms with van der Waals surface area (Å²) in [6.07, 6.45) is 1.87. The van der Waals surface area contributed by atoms with Crippen molar-refractivity contribution in [1.29, 1.82) is 0 Å². The summed E-state index contributed by atoms with van der Waals surface area (Å²) in [6.45, 7) is 3.70. The van der Waals surface area contributed by atoms with Gasteiger partial charge in [0.15, 0.2) is 0 Å². The Kier molecular flexibility index (Phi) is 3.86. The Hall–Kier alpha value is -0.850. The molecule has 0 aliphatic carbocycles. The topological polar surface area (TPSA) is 40.5 Å². The Morgan fingerprint density at radius 2 is 1.94 bits per heavy atom. The molecule has 0 radical (unpaired) electrons. The molecule has 0 bridgehead atoms. The minimum atomic E-state index is -0.0530. The van der Waals surface area contributed by atoms with Crippen LogP contribution in [-0.4, -0.2) is 53.6 Å². The van der Waals surface area contributed by atoms with Gasteiger partial charge >= 0.3 is 0 Å². The van der Waals surface area contributed by atoms with E-state index < -0.39 is 0 Å². The van der Waals surface area contributed by atoms with Gasteiger partial charge < -0.3 is 9.47 Å². The maximum absolute atomic E-state index is 12.0. The molecule has 1 aromatic rings. The monoisotopic (exact) mass is 300 g/mol. The third-order valence-electron chi connectivity index (χ3n) is 2.97. The highest BCUT2D eigenvalue weighted by atomic mass is 79.9. The van der Waals surface area contributed by atoms with Crippen LogP contribution in [0, 0.1) is 0 Å². The van der Waals surface area contributed by atoms with Crippen LogP contribution in [0.4, 0.5) is 0 Å². The van der Waals surface area contributed by atoms with Gasteiger partial charge in [-0.25, -0.2) is 5.01 Å². The maximum atomic E-state index is 12.0. The lowest BCUT2D eigenvalue weighted by atomic mass is 10.4. The SMILES string of the molecule is CN1CCN(NC(=O)c2cc(Br)cn2C)CC1. The summed E-state index contributed by atoms with van der Waals surface area (Å²) in [6, 6.07) is 1.82. The number of hydrazine groups is 1. The molecule has 94 valence electrons. The first-order valence-corrected chi connectivity index (χ1v) is 6.42. The van der Waals surface area contributed by atoms with E-state index in [0.29, 0.717) is 5.69 Å². The molecule has 6 heteroatoms. The predicted octanol–water partition coefficient (Wildman–Crippen LogP) is 0.680. The Labute approximate surface area is 109 Å². The van der Waals surface area contributed by atoms with Crippen molar-refractivity contribution in [2.24, 2.45) is 7.05 Å². The van der Waals surface area contributed by atoms with Gasteiger partial charge in [-0.2, -0.15) is 0 Å². The van der Waals surface area contributed by atoms with Crippen LogP contribution < -0.4 is 5.43 Å². The van der Waals surface area contributed by atoms with Gasteiger partial charge in [-0.1, -0.05) is 0 Å². The highest BCUT2D eigenvalue weighted by Gasteiger charge is 2.18. The number of aromatic nitrogens is 1. The highest BCUT2D eigenvalue weighted by molar-refractivity contribution is 9.10. The minimum absolute atomic E-state index is 0.0530. The number of carbonyl (C=O) groups is 1. The zero-order valence-corrected chi connectivity index (χ0v) is 11.7. The molecule has 1 N–H and O–H groups in total. The standard InChI is InChI=1S/C11H17BrN4O/c1-14-3-5-16(6-4-14)13-11(17)10-7-9(12)8-15(10)2/h7-8H,3-6H2,1-2H3,(H,13,17). The summed E-state index contributed by atoms with van der Waals surface area (Å²) >= 11 is 3.36. The molecule has 0 unspecified atom stereocenters. The minimum Gasteiger partial charge on any atom is -0.345 e. The first kappa shape index (κ1) is 12.6. The summed E-state index contributed by atoms with van der Waals surface area (Å²) in [7, 11) is 3.96. The lowest BCUT2D eigenvalue weighted by molar-refractivity contribution is 0.0655. The second-order valence-electron chi connectivity index (χ2n) is 4.39. The van der Waals surface area contributed by atoms with Crippen LogP contribution in [0.3, 0.4) is 0 Å². The second kappa shape index (κ2) is 5.20. The fourth-order valence-electron chi connectivity index (χ4n) is 1.87. The molecule has 1 fully saturated rings. The van der Waals surface area contributed by atoms with Crippen LogP contribution in [0.15, 0.2) is 16.7 Å². The van der Waals surface area contributed by atoms with Crippen LogP contribution >= 0.6 is 15.9 Å². The molecule has 1 aliphatic heterocycles. The molecule has 1 amide bonds. The van der Waals surface area contributed by atoms with Crippen molar-refractivity contribution >= 4 is 21.8 Å².